The second-order valence-electron chi connectivity index (χ2n) is 4.00. The molecule has 0 aliphatic carbocycles. The largest absolute Gasteiger partial charge is 0.480 e. The minimum atomic E-state index is -0.968. The maximum Gasteiger partial charge on any atom is 0.332 e. The summed E-state index contributed by atoms with van der Waals surface area (Å²) in [5.74, 6) is -1.49. The molecule has 90 valence electrons. The van der Waals surface area contributed by atoms with E-state index in [0.29, 0.717) is 0 Å². The van der Waals surface area contributed by atoms with Gasteiger partial charge in [-0.05, 0) is 13.2 Å². The van der Waals surface area contributed by atoms with Crippen molar-refractivity contribution in [1.82, 2.24) is 4.90 Å². The van der Waals surface area contributed by atoms with Crippen molar-refractivity contribution in [3.8, 4) is 0 Å². The number of fused-ring (bicyclic) bond motifs is 1. The van der Waals surface area contributed by atoms with Crippen molar-refractivity contribution in [3.05, 3.63) is 0 Å². The van der Waals surface area contributed by atoms with Gasteiger partial charge in [0.1, 0.15) is 0 Å². The minimum Gasteiger partial charge on any atom is -0.480 e. The van der Waals surface area contributed by atoms with E-state index in [1.807, 2.05) is 0 Å². The molecule has 2 heterocycles. The van der Waals surface area contributed by atoms with Crippen LogP contribution in [-0.4, -0.2) is 55.3 Å². The van der Waals surface area contributed by atoms with Crippen LogP contribution in [0.5, 0.6) is 0 Å². The predicted molar refractivity (Wildman–Crippen MR) is 62.1 cm³/mol. The minimum absolute atomic E-state index is 0.135. The summed E-state index contributed by atoms with van der Waals surface area (Å²) in [6, 6.07) is 0. The third kappa shape index (κ3) is 1.45. The van der Waals surface area contributed by atoms with Gasteiger partial charge in [0.05, 0.1) is 23.9 Å². The highest BCUT2D eigenvalue weighted by atomic mass is 32.2. The molecule has 2 aliphatic heterocycles. The van der Waals surface area contributed by atoms with E-state index < -0.39 is 22.1 Å². The van der Waals surface area contributed by atoms with E-state index in [4.69, 9.17) is 0 Å². The smallest absolute Gasteiger partial charge is 0.332 e. The van der Waals surface area contributed by atoms with Crippen molar-refractivity contribution in [2.45, 2.75) is 22.5 Å². The number of carboxylic acid groups (broad SMARTS) is 1. The molecule has 5 nitrogen and oxygen atoms in total. The number of aliphatic hydroxyl groups excluding tert-OH is 1. The van der Waals surface area contributed by atoms with Gasteiger partial charge in [-0.25, -0.2) is 4.79 Å². The number of amides is 1. The summed E-state index contributed by atoms with van der Waals surface area (Å²) in [4.78, 5) is 24.4. The number of carboxylic acids is 1. The first kappa shape index (κ1) is 12.1. The van der Waals surface area contributed by atoms with Gasteiger partial charge < -0.3 is 15.1 Å². The second kappa shape index (κ2) is 3.82. The fourth-order valence-corrected chi connectivity index (χ4v) is 4.70. The van der Waals surface area contributed by atoms with Gasteiger partial charge in [-0.1, -0.05) is 0 Å². The summed E-state index contributed by atoms with van der Waals surface area (Å²) in [6.45, 7) is 1.79. The summed E-state index contributed by atoms with van der Waals surface area (Å²) in [5, 5.41) is 18.5. The molecule has 2 saturated heterocycles. The third-order valence-corrected chi connectivity index (χ3v) is 6.27. The van der Waals surface area contributed by atoms with Crippen LogP contribution in [0.3, 0.4) is 0 Å². The van der Waals surface area contributed by atoms with Crippen LogP contribution in [0.1, 0.15) is 6.92 Å². The molecule has 0 aromatic rings. The number of carbonyl (C=O) groups is 2. The first-order chi connectivity index (χ1) is 7.43. The molecule has 1 unspecified atom stereocenters. The number of aliphatic hydroxyl groups is 1. The summed E-state index contributed by atoms with van der Waals surface area (Å²) >= 11 is 2.50. The number of nitrogens with zero attached hydrogens (tertiary/aromatic N) is 1. The van der Waals surface area contributed by atoms with Crippen LogP contribution in [0, 0.1) is 5.92 Å². The van der Waals surface area contributed by atoms with E-state index in [2.05, 4.69) is 0 Å². The molecule has 0 aromatic heterocycles. The Morgan fingerprint density at radius 3 is 2.81 bits per heavy atom. The lowest BCUT2D eigenvalue weighted by atomic mass is 9.93. The van der Waals surface area contributed by atoms with Crippen LogP contribution in [0.15, 0.2) is 0 Å². The van der Waals surface area contributed by atoms with E-state index in [1.54, 1.807) is 18.1 Å². The molecule has 0 saturated carbocycles. The van der Waals surface area contributed by atoms with Crippen molar-refractivity contribution in [2.24, 2.45) is 5.92 Å². The van der Waals surface area contributed by atoms with Crippen molar-refractivity contribution in [2.75, 3.05) is 12.8 Å². The number of rotatable bonds is 3. The fraction of sp³-hybridized carbons (Fsp3) is 0.778. The molecule has 1 amide bonds. The number of carbonyl (C=O) groups excluding carboxylic acids is 1. The van der Waals surface area contributed by atoms with Gasteiger partial charge in [-0.3, -0.25) is 4.79 Å². The van der Waals surface area contributed by atoms with Crippen LogP contribution < -0.4 is 0 Å². The SMILES string of the molecule is CS[C@]1(C(=O)O)CN2C(=O)[C@@H](C(C)O)[C@H]2S1. The molecule has 0 aromatic carbocycles. The second-order valence-corrected chi connectivity index (χ2v) is 6.78. The Balaban J connectivity index is 2.19. The molecule has 2 fully saturated rings. The number of hydrogen-bond acceptors (Lipinski definition) is 5. The van der Waals surface area contributed by atoms with E-state index in [0.717, 1.165) is 0 Å². The Morgan fingerprint density at radius 2 is 2.38 bits per heavy atom. The van der Waals surface area contributed by atoms with Gasteiger partial charge >= 0.3 is 5.97 Å². The van der Waals surface area contributed by atoms with Crippen LogP contribution in [-0.2, 0) is 9.59 Å². The van der Waals surface area contributed by atoms with E-state index in [-0.39, 0.29) is 17.8 Å². The zero-order valence-corrected chi connectivity index (χ0v) is 10.5. The highest BCUT2D eigenvalue weighted by Gasteiger charge is 2.62. The van der Waals surface area contributed by atoms with Gasteiger partial charge in [0.15, 0.2) is 4.08 Å². The monoisotopic (exact) mass is 263 g/mol. The Bertz CT molecular complexity index is 348. The normalized spacial score (nSPS) is 39.2. The lowest BCUT2D eigenvalue weighted by molar-refractivity contribution is -0.155. The maximum atomic E-state index is 11.7. The molecule has 0 radical (unpaired) electrons. The fourth-order valence-electron chi connectivity index (χ4n) is 2.07. The molecule has 0 bridgehead atoms. The van der Waals surface area contributed by atoms with Gasteiger partial charge in [-0.2, -0.15) is 0 Å². The Hall–Kier alpha value is -0.400. The Morgan fingerprint density at radius 1 is 1.75 bits per heavy atom. The molecule has 4 atom stereocenters. The number of β-lactam (4-membered cyclic amide) rings is 1. The Kier molecular flexibility index (Phi) is 2.88. The van der Waals surface area contributed by atoms with Gasteiger partial charge in [0, 0.05) is 0 Å². The molecular weight excluding hydrogens is 250 g/mol. The van der Waals surface area contributed by atoms with E-state index in [1.165, 1.54) is 23.5 Å². The molecule has 2 aliphatic rings. The number of hydrogen-bond donors (Lipinski definition) is 2. The molecule has 16 heavy (non-hydrogen) atoms. The third-order valence-electron chi connectivity index (χ3n) is 3.05. The average molecular weight is 263 g/mol. The van der Waals surface area contributed by atoms with Crippen LogP contribution in [0.4, 0.5) is 0 Å². The highest BCUT2D eigenvalue weighted by molar-refractivity contribution is 8.19. The van der Waals surface area contributed by atoms with Gasteiger partial charge in [0.2, 0.25) is 5.91 Å². The van der Waals surface area contributed by atoms with Crippen LogP contribution >= 0.6 is 23.5 Å². The van der Waals surface area contributed by atoms with Crippen molar-refractivity contribution < 1.29 is 19.8 Å². The van der Waals surface area contributed by atoms with Crippen molar-refractivity contribution >= 4 is 35.4 Å². The van der Waals surface area contributed by atoms with Gasteiger partial charge in [-0.15, -0.1) is 23.5 Å². The zero-order chi connectivity index (χ0) is 12.1. The van der Waals surface area contributed by atoms with Crippen LogP contribution in [0.2, 0.25) is 0 Å². The summed E-state index contributed by atoms with van der Waals surface area (Å²) in [5.41, 5.74) is 0. The molecular formula is C9H13NO4S2. The topological polar surface area (TPSA) is 77.8 Å². The average Bonchev–Trinajstić information content (AvgIpc) is 2.53. The maximum absolute atomic E-state index is 11.7. The number of thioether (sulfide) groups is 2. The summed E-state index contributed by atoms with van der Waals surface area (Å²) in [6.07, 6.45) is 1.02. The molecule has 0 spiro atoms. The lowest BCUT2D eigenvalue weighted by Gasteiger charge is -2.42. The molecule has 7 heteroatoms. The zero-order valence-electron chi connectivity index (χ0n) is 8.91. The first-order valence-electron chi connectivity index (χ1n) is 4.88. The van der Waals surface area contributed by atoms with Gasteiger partial charge in [0.25, 0.3) is 0 Å². The molecule has 2 N–H and O–H groups in total. The van der Waals surface area contributed by atoms with Crippen molar-refractivity contribution in [1.29, 1.82) is 0 Å². The highest BCUT2D eigenvalue weighted by Crippen LogP contribution is 2.54. The quantitative estimate of drug-likeness (QED) is 0.700. The van der Waals surface area contributed by atoms with E-state index in [9.17, 15) is 19.8 Å². The number of aliphatic carboxylic acids is 1. The summed E-state index contributed by atoms with van der Waals surface area (Å²) < 4.78 is -0.968. The van der Waals surface area contributed by atoms with Crippen molar-refractivity contribution in [3.63, 3.8) is 0 Å². The Labute approximate surface area is 102 Å². The van der Waals surface area contributed by atoms with Crippen LogP contribution in [0.25, 0.3) is 0 Å². The lowest BCUT2D eigenvalue weighted by Crippen LogP contribution is -2.60. The van der Waals surface area contributed by atoms with E-state index >= 15 is 0 Å². The molecule has 2 rings (SSSR count). The first-order valence-corrected chi connectivity index (χ1v) is 6.98. The predicted octanol–water partition coefficient (Wildman–Crippen LogP) is 0.0424. The summed E-state index contributed by atoms with van der Waals surface area (Å²) in [7, 11) is 0. The standard InChI is InChI=1S/C9H13NO4S2/c1-4(11)5-6(12)10-3-9(15-2,8(13)14)16-7(5)10/h4-5,7,11H,3H2,1-2H3,(H,13,14)/t4?,5-,7-,9-/m1/s1.